The number of ether oxygens (including phenoxy) is 1. The molecule has 1 unspecified atom stereocenters. The molecule has 1 fully saturated rings. The lowest BCUT2D eigenvalue weighted by Gasteiger charge is -2.05. The van der Waals surface area contributed by atoms with Gasteiger partial charge in [-0.2, -0.15) is 13.2 Å². The van der Waals surface area contributed by atoms with Gasteiger partial charge in [0, 0.05) is 18.3 Å². The number of hydrogen-bond donors (Lipinski definition) is 0. The first kappa shape index (κ1) is 9.45. The molecule has 1 aromatic rings. The third kappa shape index (κ3) is 2.23. The minimum absolute atomic E-state index is 0.152. The smallest absolute Gasteiger partial charge is 0.373 e. The highest BCUT2D eigenvalue weighted by molar-refractivity contribution is 5.17. The van der Waals surface area contributed by atoms with Gasteiger partial charge in [0.15, 0.2) is 0 Å². The van der Waals surface area contributed by atoms with Gasteiger partial charge < -0.3 is 4.74 Å². The van der Waals surface area contributed by atoms with Crippen LogP contribution in [0, 0.1) is 0 Å². The molecule has 5 heteroatoms. The summed E-state index contributed by atoms with van der Waals surface area (Å²) in [4.78, 5) is 3.73. The zero-order chi connectivity index (χ0) is 10.2. The molecule has 14 heavy (non-hydrogen) atoms. The quantitative estimate of drug-likeness (QED) is 0.687. The van der Waals surface area contributed by atoms with Crippen molar-refractivity contribution in [1.82, 2.24) is 4.98 Å². The standard InChI is InChI=1S/C9H8F3NO/c10-9(11,12)6-1-2-7(13-4-6)3-8-5-14-8/h1-2,4,8H,3,5H2. The molecule has 0 saturated carbocycles. The largest absolute Gasteiger partial charge is 0.417 e. The summed E-state index contributed by atoms with van der Waals surface area (Å²) in [6.07, 6.45) is -2.70. The van der Waals surface area contributed by atoms with E-state index in [1.165, 1.54) is 6.07 Å². The molecule has 1 aromatic heterocycles. The van der Waals surface area contributed by atoms with E-state index in [9.17, 15) is 13.2 Å². The Morgan fingerprint density at radius 3 is 2.57 bits per heavy atom. The van der Waals surface area contributed by atoms with Crippen LogP contribution >= 0.6 is 0 Å². The summed E-state index contributed by atoms with van der Waals surface area (Å²) in [6, 6.07) is 2.44. The summed E-state index contributed by atoms with van der Waals surface area (Å²) >= 11 is 0. The van der Waals surface area contributed by atoms with E-state index in [4.69, 9.17) is 4.74 Å². The van der Waals surface area contributed by atoms with E-state index in [2.05, 4.69) is 4.98 Å². The molecule has 1 atom stereocenters. The van der Waals surface area contributed by atoms with Crippen LogP contribution in [0.15, 0.2) is 18.3 Å². The summed E-state index contributed by atoms with van der Waals surface area (Å²) < 4.78 is 41.3. The number of pyridine rings is 1. The second kappa shape index (κ2) is 3.24. The lowest BCUT2D eigenvalue weighted by atomic mass is 10.2. The van der Waals surface area contributed by atoms with Crippen LogP contribution in [0.3, 0.4) is 0 Å². The highest BCUT2D eigenvalue weighted by Gasteiger charge is 2.31. The third-order valence-electron chi connectivity index (χ3n) is 1.99. The molecule has 0 amide bonds. The number of aromatic nitrogens is 1. The second-order valence-corrected chi connectivity index (χ2v) is 3.20. The fraction of sp³-hybridized carbons (Fsp3) is 0.444. The van der Waals surface area contributed by atoms with Crippen molar-refractivity contribution in [1.29, 1.82) is 0 Å². The van der Waals surface area contributed by atoms with Gasteiger partial charge >= 0.3 is 6.18 Å². The van der Waals surface area contributed by atoms with Crippen LogP contribution in [0.4, 0.5) is 13.2 Å². The summed E-state index contributed by atoms with van der Waals surface area (Å²) in [6.45, 7) is 0.683. The molecule has 0 aliphatic carbocycles. The van der Waals surface area contributed by atoms with Crippen molar-refractivity contribution < 1.29 is 17.9 Å². The maximum absolute atomic E-state index is 12.1. The third-order valence-corrected chi connectivity index (χ3v) is 1.99. The Kier molecular flexibility index (Phi) is 2.19. The van der Waals surface area contributed by atoms with Crippen LogP contribution < -0.4 is 0 Å². The van der Waals surface area contributed by atoms with Crippen LogP contribution in [0.5, 0.6) is 0 Å². The van der Waals surface area contributed by atoms with Crippen LogP contribution in [0.2, 0.25) is 0 Å². The number of nitrogens with zero attached hydrogens (tertiary/aromatic N) is 1. The number of alkyl halides is 3. The Bertz CT molecular complexity index is 316. The van der Waals surface area contributed by atoms with Crippen LogP contribution in [-0.4, -0.2) is 17.7 Å². The Morgan fingerprint density at radius 2 is 2.14 bits per heavy atom. The van der Waals surface area contributed by atoms with Gasteiger partial charge in [-0.1, -0.05) is 0 Å². The number of epoxide rings is 1. The molecular weight excluding hydrogens is 195 g/mol. The minimum Gasteiger partial charge on any atom is -0.373 e. The fourth-order valence-corrected chi connectivity index (χ4v) is 1.13. The molecule has 2 nitrogen and oxygen atoms in total. The molecule has 0 spiro atoms. The second-order valence-electron chi connectivity index (χ2n) is 3.20. The molecule has 76 valence electrons. The average molecular weight is 203 g/mol. The van der Waals surface area contributed by atoms with Crippen molar-refractivity contribution in [3.8, 4) is 0 Å². The first-order valence-electron chi connectivity index (χ1n) is 4.19. The highest BCUT2D eigenvalue weighted by atomic mass is 19.4. The zero-order valence-electron chi connectivity index (χ0n) is 7.21. The molecule has 0 bridgehead atoms. The van der Waals surface area contributed by atoms with Gasteiger partial charge in [-0.25, -0.2) is 0 Å². The highest BCUT2D eigenvalue weighted by Crippen LogP contribution is 2.28. The van der Waals surface area contributed by atoms with Crippen molar-refractivity contribution in [2.45, 2.75) is 18.7 Å². The summed E-state index contributed by atoms with van der Waals surface area (Å²) in [7, 11) is 0. The Hall–Kier alpha value is -1.10. The molecule has 1 aliphatic rings. The SMILES string of the molecule is FC(F)(F)c1ccc(CC2CO2)nc1. The van der Waals surface area contributed by atoms with Gasteiger partial charge in [0.2, 0.25) is 0 Å². The molecule has 0 N–H and O–H groups in total. The molecule has 0 radical (unpaired) electrons. The monoisotopic (exact) mass is 203 g/mol. The van der Waals surface area contributed by atoms with Gasteiger partial charge in [-0.15, -0.1) is 0 Å². The zero-order valence-corrected chi connectivity index (χ0v) is 7.21. The molecule has 1 aliphatic heterocycles. The maximum atomic E-state index is 12.1. The van der Waals surface area contributed by atoms with Crippen molar-refractivity contribution in [2.24, 2.45) is 0 Å². The topological polar surface area (TPSA) is 25.4 Å². The number of halogens is 3. The Morgan fingerprint density at radius 1 is 1.43 bits per heavy atom. The predicted molar refractivity (Wildman–Crippen MR) is 42.7 cm³/mol. The molecule has 1 saturated heterocycles. The Balaban J connectivity index is 2.08. The van der Waals surface area contributed by atoms with Gasteiger partial charge in [-0.3, -0.25) is 4.98 Å². The van der Waals surface area contributed by atoms with Crippen LogP contribution in [-0.2, 0) is 17.3 Å². The molecule has 2 heterocycles. The van der Waals surface area contributed by atoms with Crippen molar-refractivity contribution >= 4 is 0 Å². The average Bonchev–Trinajstić information content (AvgIpc) is 2.88. The van der Waals surface area contributed by atoms with E-state index in [0.29, 0.717) is 18.7 Å². The van der Waals surface area contributed by atoms with Crippen LogP contribution in [0.25, 0.3) is 0 Å². The first-order chi connectivity index (χ1) is 6.55. The fourth-order valence-electron chi connectivity index (χ4n) is 1.13. The van der Waals surface area contributed by atoms with Crippen molar-refractivity contribution in [2.75, 3.05) is 6.61 Å². The normalized spacial score (nSPS) is 20.9. The van der Waals surface area contributed by atoms with Gasteiger partial charge in [-0.05, 0) is 12.1 Å². The lowest BCUT2D eigenvalue weighted by molar-refractivity contribution is -0.137. The van der Waals surface area contributed by atoms with E-state index < -0.39 is 11.7 Å². The first-order valence-corrected chi connectivity index (χ1v) is 4.19. The summed E-state index contributed by atoms with van der Waals surface area (Å²) in [5.41, 5.74) is -0.0709. The van der Waals surface area contributed by atoms with Crippen LogP contribution in [0.1, 0.15) is 11.3 Å². The molecular formula is C9H8F3NO. The van der Waals surface area contributed by atoms with E-state index in [0.717, 1.165) is 12.3 Å². The van der Waals surface area contributed by atoms with E-state index in [1.54, 1.807) is 0 Å². The molecule has 0 aromatic carbocycles. The minimum atomic E-state index is -4.30. The lowest BCUT2D eigenvalue weighted by Crippen LogP contribution is -2.06. The maximum Gasteiger partial charge on any atom is 0.417 e. The van der Waals surface area contributed by atoms with E-state index in [1.807, 2.05) is 0 Å². The predicted octanol–water partition coefficient (Wildman–Crippen LogP) is 2.04. The van der Waals surface area contributed by atoms with Crippen molar-refractivity contribution in [3.63, 3.8) is 0 Å². The van der Waals surface area contributed by atoms with Crippen molar-refractivity contribution in [3.05, 3.63) is 29.6 Å². The van der Waals surface area contributed by atoms with E-state index >= 15 is 0 Å². The molecule has 2 rings (SSSR count). The summed E-state index contributed by atoms with van der Waals surface area (Å²) in [5.74, 6) is 0. The number of rotatable bonds is 2. The van der Waals surface area contributed by atoms with Gasteiger partial charge in [0.25, 0.3) is 0 Å². The number of hydrogen-bond acceptors (Lipinski definition) is 2. The Labute approximate surface area is 78.7 Å². The summed E-state index contributed by atoms with van der Waals surface area (Å²) in [5, 5.41) is 0. The van der Waals surface area contributed by atoms with Gasteiger partial charge in [0.1, 0.15) is 0 Å². The van der Waals surface area contributed by atoms with E-state index in [-0.39, 0.29) is 6.10 Å². The van der Waals surface area contributed by atoms with Gasteiger partial charge in [0.05, 0.1) is 18.3 Å².